The van der Waals surface area contributed by atoms with Crippen molar-refractivity contribution in [2.45, 2.75) is 12.8 Å². The van der Waals surface area contributed by atoms with Crippen molar-refractivity contribution in [3.63, 3.8) is 0 Å². The van der Waals surface area contributed by atoms with Crippen LogP contribution in [0.3, 0.4) is 0 Å². The Balaban J connectivity index is 1.80. The molecular weight excluding hydrogens is 368 g/mol. The van der Waals surface area contributed by atoms with Crippen molar-refractivity contribution in [3.05, 3.63) is 34.8 Å². The second kappa shape index (κ2) is 6.18. The molecule has 1 amide bonds. The first-order chi connectivity index (χ1) is 10.5. The predicted molar refractivity (Wildman–Crippen MR) is 88.9 cm³/mol. The zero-order valence-electron chi connectivity index (χ0n) is 11.5. The molecule has 0 fully saturated rings. The van der Waals surface area contributed by atoms with Gasteiger partial charge in [0.1, 0.15) is 0 Å². The number of carboxylic acids is 1. The number of thiazole rings is 1. The molecule has 1 aromatic carbocycles. The summed E-state index contributed by atoms with van der Waals surface area (Å²) >= 11 is 4.77. The van der Waals surface area contributed by atoms with Gasteiger partial charge in [0, 0.05) is 4.47 Å². The van der Waals surface area contributed by atoms with Crippen LogP contribution in [-0.2, 0) is 9.59 Å². The Labute approximate surface area is 139 Å². The number of carbonyl (C=O) groups excluding carboxylic acids is 1. The van der Waals surface area contributed by atoms with Crippen LogP contribution in [0.5, 0.6) is 0 Å². The molecule has 0 saturated heterocycles. The van der Waals surface area contributed by atoms with Crippen LogP contribution < -0.4 is 5.32 Å². The molecule has 22 heavy (non-hydrogen) atoms. The lowest BCUT2D eigenvalue weighted by atomic mass is 9.82. The SMILES string of the molecule is O=C(O)C1CC=CCC1C(=O)Nc1nc2ccc(Br)cc2s1. The number of aromatic nitrogens is 1. The molecule has 5 nitrogen and oxygen atoms in total. The summed E-state index contributed by atoms with van der Waals surface area (Å²) in [7, 11) is 0. The minimum atomic E-state index is -0.933. The topological polar surface area (TPSA) is 79.3 Å². The zero-order chi connectivity index (χ0) is 15.7. The number of aliphatic carboxylic acids is 1. The van der Waals surface area contributed by atoms with E-state index in [1.54, 1.807) is 0 Å². The van der Waals surface area contributed by atoms with E-state index in [9.17, 15) is 14.7 Å². The molecule has 1 aliphatic rings. The van der Waals surface area contributed by atoms with Crippen LogP contribution in [0.1, 0.15) is 12.8 Å². The van der Waals surface area contributed by atoms with Gasteiger partial charge in [-0.2, -0.15) is 0 Å². The standard InChI is InChI=1S/C15H13BrN2O3S/c16-8-5-6-11-12(7-8)22-15(17-11)18-13(19)9-3-1-2-4-10(9)14(20)21/h1-2,5-7,9-10H,3-4H2,(H,20,21)(H,17,18,19). The maximum absolute atomic E-state index is 12.4. The van der Waals surface area contributed by atoms with Gasteiger partial charge in [0.25, 0.3) is 0 Å². The van der Waals surface area contributed by atoms with Crippen LogP contribution in [-0.4, -0.2) is 22.0 Å². The second-order valence-corrected chi connectivity index (χ2v) is 7.06. The predicted octanol–water partition coefficient (Wildman–Crippen LogP) is 3.66. The lowest BCUT2D eigenvalue weighted by Gasteiger charge is -2.23. The third-order valence-corrected chi connectivity index (χ3v) is 5.09. The third kappa shape index (κ3) is 3.05. The summed E-state index contributed by atoms with van der Waals surface area (Å²) in [6, 6.07) is 5.70. The Hall–Kier alpha value is -1.73. The lowest BCUT2D eigenvalue weighted by Crippen LogP contribution is -2.34. The van der Waals surface area contributed by atoms with E-state index in [1.165, 1.54) is 11.3 Å². The van der Waals surface area contributed by atoms with Crippen molar-refractivity contribution in [1.29, 1.82) is 0 Å². The molecule has 0 saturated carbocycles. The first-order valence-corrected chi connectivity index (χ1v) is 8.40. The van der Waals surface area contributed by atoms with Gasteiger partial charge in [0.2, 0.25) is 5.91 Å². The van der Waals surface area contributed by atoms with Crippen molar-refractivity contribution in [3.8, 4) is 0 Å². The quantitative estimate of drug-likeness (QED) is 0.796. The van der Waals surface area contributed by atoms with Gasteiger partial charge in [-0.3, -0.25) is 9.59 Å². The third-order valence-electron chi connectivity index (χ3n) is 3.67. The molecule has 1 heterocycles. The average molecular weight is 381 g/mol. The molecule has 0 radical (unpaired) electrons. The van der Waals surface area contributed by atoms with Gasteiger partial charge >= 0.3 is 5.97 Å². The van der Waals surface area contributed by atoms with Gasteiger partial charge in [-0.25, -0.2) is 4.98 Å². The van der Waals surface area contributed by atoms with Crippen molar-refractivity contribution < 1.29 is 14.7 Å². The van der Waals surface area contributed by atoms with E-state index < -0.39 is 17.8 Å². The van der Waals surface area contributed by atoms with Crippen molar-refractivity contribution >= 4 is 54.5 Å². The molecule has 3 rings (SSSR count). The van der Waals surface area contributed by atoms with Crippen LogP contribution in [0.15, 0.2) is 34.8 Å². The molecule has 7 heteroatoms. The number of amides is 1. The summed E-state index contributed by atoms with van der Waals surface area (Å²) < 4.78 is 1.91. The Bertz CT molecular complexity index is 771. The van der Waals surface area contributed by atoms with Gasteiger partial charge in [0.05, 0.1) is 22.1 Å². The Morgan fingerprint density at radius 1 is 1.27 bits per heavy atom. The fraction of sp³-hybridized carbons (Fsp3) is 0.267. The summed E-state index contributed by atoms with van der Waals surface area (Å²) in [6.45, 7) is 0. The maximum atomic E-state index is 12.4. The van der Waals surface area contributed by atoms with Crippen LogP contribution in [0.25, 0.3) is 10.2 Å². The van der Waals surface area contributed by atoms with E-state index >= 15 is 0 Å². The molecule has 0 aliphatic heterocycles. The normalized spacial score (nSPS) is 21.0. The van der Waals surface area contributed by atoms with Crippen molar-refractivity contribution in [2.24, 2.45) is 11.8 Å². The molecule has 2 unspecified atom stereocenters. The van der Waals surface area contributed by atoms with E-state index in [4.69, 9.17) is 0 Å². The molecule has 2 N–H and O–H groups in total. The summed E-state index contributed by atoms with van der Waals surface area (Å²) in [5.41, 5.74) is 0.807. The second-order valence-electron chi connectivity index (χ2n) is 5.11. The minimum Gasteiger partial charge on any atom is -0.481 e. The van der Waals surface area contributed by atoms with Gasteiger partial charge < -0.3 is 10.4 Å². The maximum Gasteiger partial charge on any atom is 0.307 e. The number of carbonyl (C=O) groups is 2. The molecular formula is C15H13BrN2O3S. The van der Waals surface area contributed by atoms with E-state index in [-0.39, 0.29) is 5.91 Å². The Morgan fingerprint density at radius 3 is 2.73 bits per heavy atom. The molecule has 1 aromatic heterocycles. The first-order valence-electron chi connectivity index (χ1n) is 6.79. The Morgan fingerprint density at radius 2 is 2.00 bits per heavy atom. The number of rotatable bonds is 3. The minimum absolute atomic E-state index is 0.283. The molecule has 0 spiro atoms. The smallest absolute Gasteiger partial charge is 0.307 e. The highest BCUT2D eigenvalue weighted by Crippen LogP contribution is 2.31. The summed E-state index contributed by atoms with van der Waals surface area (Å²) in [5, 5.41) is 12.5. The average Bonchev–Trinajstić information content (AvgIpc) is 2.88. The number of benzene rings is 1. The summed E-state index contributed by atoms with van der Waals surface area (Å²) in [6.07, 6.45) is 4.51. The zero-order valence-corrected chi connectivity index (χ0v) is 13.9. The lowest BCUT2D eigenvalue weighted by molar-refractivity contribution is -0.146. The van der Waals surface area contributed by atoms with Crippen LogP contribution >= 0.6 is 27.3 Å². The molecule has 1 aliphatic carbocycles. The number of fused-ring (bicyclic) bond motifs is 1. The summed E-state index contributed by atoms with van der Waals surface area (Å²) in [4.78, 5) is 28.0. The van der Waals surface area contributed by atoms with Crippen LogP contribution in [0, 0.1) is 11.8 Å². The number of hydrogen-bond donors (Lipinski definition) is 2. The van der Waals surface area contributed by atoms with Gasteiger partial charge in [-0.1, -0.05) is 39.4 Å². The van der Waals surface area contributed by atoms with E-state index in [2.05, 4.69) is 26.2 Å². The fourth-order valence-corrected chi connectivity index (χ4v) is 3.95. The van der Waals surface area contributed by atoms with Gasteiger partial charge in [-0.05, 0) is 31.0 Å². The number of nitrogens with one attached hydrogen (secondary N) is 1. The highest BCUT2D eigenvalue weighted by atomic mass is 79.9. The van der Waals surface area contributed by atoms with E-state index in [0.29, 0.717) is 18.0 Å². The molecule has 114 valence electrons. The fourth-order valence-electron chi connectivity index (χ4n) is 2.53. The Kier molecular flexibility index (Phi) is 4.26. The first kappa shape index (κ1) is 15.2. The highest BCUT2D eigenvalue weighted by molar-refractivity contribution is 9.10. The summed E-state index contributed by atoms with van der Waals surface area (Å²) in [5.74, 6) is -2.44. The van der Waals surface area contributed by atoms with E-state index in [0.717, 1.165) is 14.7 Å². The number of nitrogens with zero attached hydrogens (tertiary/aromatic N) is 1. The van der Waals surface area contributed by atoms with Crippen LogP contribution in [0.4, 0.5) is 5.13 Å². The molecule has 0 bridgehead atoms. The van der Waals surface area contributed by atoms with Crippen LogP contribution in [0.2, 0.25) is 0 Å². The monoisotopic (exact) mass is 380 g/mol. The molecule has 2 atom stereocenters. The van der Waals surface area contributed by atoms with Gasteiger partial charge in [-0.15, -0.1) is 0 Å². The van der Waals surface area contributed by atoms with Crippen molar-refractivity contribution in [2.75, 3.05) is 5.32 Å². The largest absolute Gasteiger partial charge is 0.481 e. The number of allylic oxidation sites excluding steroid dienone is 2. The van der Waals surface area contributed by atoms with Gasteiger partial charge in [0.15, 0.2) is 5.13 Å². The number of hydrogen-bond acceptors (Lipinski definition) is 4. The highest BCUT2D eigenvalue weighted by Gasteiger charge is 2.34. The number of carboxylic acid groups (broad SMARTS) is 1. The van der Waals surface area contributed by atoms with E-state index in [1.807, 2.05) is 30.4 Å². The number of halogens is 1. The number of anilines is 1. The molecule has 2 aromatic rings. The van der Waals surface area contributed by atoms with Crippen molar-refractivity contribution in [1.82, 2.24) is 4.98 Å².